The molecule has 1 heterocycles. The lowest BCUT2D eigenvalue weighted by atomic mass is 10.0. The summed E-state index contributed by atoms with van der Waals surface area (Å²) in [7, 11) is 0. The Kier molecular flexibility index (Phi) is 7.70. The van der Waals surface area contributed by atoms with E-state index in [1.165, 1.54) is 17.0 Å². The number of halogens is 1. The predicted molar refractivity (Wildman–Crippen MR) is 118 cm³/mol. The van der Waals surface area contributed by atoms with E-state index >= 15 is 0 Å². The first-order valence-corrected chi connectivity index (χ1v) is 11.1. The fourth-order valence-corrected chi connectivity index (χ4v) is 3.43. The molecule has 2 unspecified atom stereocenters. The molecular weight excluding hydrogens is 437 g/mol. The molecule has 0 radical (unpaired) electrons. The van der Waals surface area contributed by atoms with E-state index in [2.05, 4.69) is 4.99 Å². The van der Waals surface area contributed by atoms with Crippen LogP contribution in [-0.2, 0) is 20.8 Å². The van der Waals surface area contributed by atoms with Gasteiger partial charge in [-0.2, -0.15) is 0 Å². The number of anilines is 1. The number of esters is 1. The van der Waals surface area contributed by atoms with Gasteiger partial charge in [0.05, 0.1) is 24.5 Å². The van der Waals surface area contributed by atoms with Crippen LogP contribution in [0.1, 0.15) is 30.6 Å². The van der Waals surface area contributed by atoms with Crippen LogP contribution < -0.4 is 4.72 Å². The van der Waals surface area contributed by atoms with Gasteiger partial charge in [-0.25, -0.2) is 14.2 Å². The zero-order valence-electron chi connectivity index (χ0n) is 17.6. The summed E-state index contributed by atoms with van der Waals surface area (Å²) in [6.07, 6.45) is 0.233. The van der Waals surface area contributed by atoms with Crippen LogP contribution in [0.3, 0.4) is 0 Å². The third kappa shape index (κ3) is 5.77. The van der Waals surface area contributed by atoms with Crippen LogP contribution in [0, 0.1) is 11.7 Å². The third-order valence-electron chi connectivity index (χ3n) is 5.11. The average molecular weight is 461 g/mol. The van der Waals surface area contributed by atoms with E-state index in [1.54, 1.807) is 12.1 Å². The number of benzene rings is 2. The molecule has 1 saturated heterocycles. The number of likely N-dealkylation sites (tertiary alicyclic amines) is 1. The van der Waals surface area contributed by atoms with Gasteiger partial charge in [-0.1, -0.05) is 32.0 Å². The van der Waals surface area contributed by atoms with Gasteiger partial charge in [0.15, 0.2) is 0 Å². The quantitative estimate of drug-likeness (QED) is 0.369. The third-order valence-corrected chi connectivity index (χ3v) is 5.50. The van der Waals surface area contributed by atoms with Crippen LogP contribution in [0.2, 0.25) is 0 Å². The number of ether oxygens (including phenoxy) is 1. The Morgan fingerprint density at radius 2 is 1.97 bits per heavy atom. The van der Waals surface area contributed by atoms with Gasteiger partial charge < -0.3 is 18.9 Å². The normalized spacial score (nSPS) is 16.1. The molecule has 170 valence electrons. The van der Waals surface area contributed by atoms with E-state index < -0.39 is 35.1 Å². The number of hydrogen-bond acceptors (Lipinski definition) is 6. The second kappa shape index (κ2) is 10.5. The van der Waals surface area contributed by atoms with Crippen LogP contribution in [-0.4, -0.2) is 50.4 Å². The molecule has 10 heteroatoms. The van der Waals surface area contributed by atoms with Gasteiger partial charge in [0.2, 0.25) is 0 Å². The molecule has 2 atom stereocenters. The highest BCUT2D eigenvalue weighted by Gasteiger charge is 2.35. The van der Waals surface area contributed by atoms with Gasteiger partial charge in [-0.05, 0) is 36.8 Å². The molecule has 3 rings (SSSR count). The second-order valence-electron chi connectivity index (χ2n) is 7.41. The molecule has 8 nitrogen and oxygen atoms in total. The van der Waals surface area contributed by atoms with Gasteiger partial charge >= 0.3 is 5.97 Å². The van der Waals surface area contributed by atoms with Crippen molar-refractivity contribution in [2.45, 2.75) is 26.4 Å². The van der Waals surface area contributed by atoms with E-state index in [9.17, 15) is 22.7 Å². The second-order valence-corrected chi connectivity index (χ2v) is 8.08. The number of carbonyl (C=O) groups excluding carboxylic acids is 2. The van der Waals surface area contributed by atoms with Crippen molar-refractivity contribution in [3.8, 4) is 0 Å². The number of nitrogens with zero attached hydrogens (tertiary/aromatic N) is 2. The largest absolute Gasteiger partial charge is 0.755 e. The molecule has 1 fully saturated rings. The number of amides is 1. The molecule has 1 N–H and O–H groups in total. The summed E-state index contributed by atoms with van der Waals surface area (Å²) in [5.41, 5.74) is 0.802. The van der Waals surface area contributed by atoms with E-state index in [-0.39, 0.29) is 30.3 Å². The van der Waals surface area contributed by atoms with Crippen LogP contribution in [0.5, 0.6) is 0 Å². The lowest BCUT2D eigenvalue weighted by Gasteiger charge is -2.38. The first-order valence-electron chi connectivity index (χ1n) is 10.1. The number of rotatable bonds is 8. The van der Waals surface area contributed by atoms with Gasteiger partial charge in [0.25, 0.3) is 5.91 Å². The molecule has 2 aromatic carbocycles. The van der Waals surface area contributed by atoms with Crippen molar-refractivity contribution in [2.75, 3.05) is 17.8 Å². The van der Waals surface area contributed by atoms with Crippen molar-refractivity contribution < 1.29 is 27.5 Å². The standard InChI is InChI=1S/C22H24FN3O5S/c1-3-14(2)20(24-16-7-5-4-6-8-16)22(28)31-17-12-26(13-17)21(27)15-9-10-19(18(23)11-15)25-32(29)30/h4-11,14,17,25H,3,12-13H2,1-2H3,(H,29,30)/p-1. The summed E-state index contributed by atoms with van der Waals surface area (Å²) in [6.45, 7) is 4.21. The summed E-state index contributed by atoms with van der Waals surface area (Å²) in [5, 5.41) is 0. The Hall–Kier alpha value is -3.11. The summed E-state index contributed by atoms with van der Waals surface area (Å²) in [6, 6.07) is 12.6. The van der Waals surface area contributed by atoms with Crippen molar-refractivity contribution in [1.29, 1.82) is 0 Å². The maximum atomic E-state index is 14.0. The lowest BCUT2D eigenvalue weighted by Crippen LogP contribution is -2.55. The Bertz CT molecular complexity index is 1040. The Morgan fingerprint density at radius 3 is 2.56 bits per heavy atom. The highest BCUT2D eigenvalue weighted by Crippen LogP contribution is 2.22. The van der Waals surface area contributed by atoms with Crippen LogP contribution >= 0.6 is 0 Å². The van der Waals surface area contributed by atoms with Gasteiger partial charge in [-0.3, -0.25) is 9.00 Å². The highest BCUT2D eigenvalue weighted by molar-refractivity contribution is 7.80. The zero-order chi connectivity index (χ0) is 23.3. The van der Waals surface area contributed by atoms with E-state index in [1.807, 2.05) is 36.8 Å². The SMILES string of the molecule is CCC(C)C(=Nc1ccccc1)C(=O)OC1CN(C(=O)c2ccc(NS(=O)[O-])c(F)c2)C1. The summed E-state index contributed by atoms with van der Waals surface area (Å²) in [5.74, 6) is -1.92. The van der Waals surface area contributed by atoms with Gasteiger partial charge in [0.1, 0.15) is 17.6 Å². The molecule has 0 aromatic heterocycles. The molecule has 1 amide bonds. The molecule has 32 heavy (non-hydrogen) atoms. The number of nitrogens with one attached hydrogen (secondary N) is 1. The number of para-hydroxylation sites is 1. The van der Waals surface area contributed by atoms with E-state index in [4.69, 9.17) is 4.74 Å². The summed E-state index contributed by atoms with van der Waals surface area (Å²) >= 11 is -2.67. The summed E-state index contributed by atoms with van der Waals surface area (Å²) in [4.78, 5) is 31.1. The lowest BCUT2D eigenvalue weighted by molar-refractivity contribution is -0.147. The van der Waals surface area contributed by atoms with E-state index in [0.717, 1.165) is 6.07 Å². The minimum absolute atomic E-state index is 0.0699. The molecule has 1 aliphatic rings. The number of aliphatic imine (C=N–C) groups is 1. The molecular formula is C22H23FN3O5S-. The Labute approximate surface area is 187 Å². The molecule has 0 saturated carbocycles. The topological polar surface area (TPSA) is 111 Å². The smallest absolute Gasteiger partial charge is 0.353 e. The Balaban J connectivity index is 1.60. The predicted octanol–water partition coefficient (Wildman–Crippen LogP) is 3.22. The fraction of sp³-hybridized carbons (Fsp3) is 0.318. The van der Waals surface area contributed by atoms with Crippen LogP contribution in [0.15, 0.2) is 53.5 Å². The molecule has 0 spiro atoms. The van der Waals surface area contributed by atoms with Crippen molar-refractivity contribution in [3.05, 3.63) is 59.9 Å². The van der Waals surface area contributed by atoms with Gasteiger partial charge in [-0.15, -0.1) is 0 Å². The van der Waals surface area contributed by atoms with Crippen LogP contribution in [0.4, 0.5) is 15.8 Å². The first kappa shape index (κ1) is 23.6. The average Bonchev–Trinajstić information content (AvgIpc) is 2.75. The maximum absolute atomic E-state index is 14.0. The summed E-state index contributed by atoms with van der Waals surface area (Å²) < 4.78 is 42.7. The van der Waals surface area contributed by atoms with Crippen molar-refractivity contribution in [1.82, 2.24) is 4.90 Å². The minimum atomic E-state index is -2.67. The zero-order valence-corrected chi connectivity index (χ0v) is 18.4. The fourth-order valence-electron chi connectivity index (χ4n) is 3.09. The number of carbonyl (C=O) groups is 2. The van der Waals surface area contributed by atoms with Crippen molar-refractivity contribution in [2.24, 2.45) is 10.9 Å². The molecule has 0 aliphatic carbocycles. The van der Waals surface area contributed by atoms with E-state index in [0.29, 0.717) is 17.8 Å². The molecule has 1 aliphatic heterocycles. The maximum Gasteiger partial charge on any atom is 0.353 e. The first-order chi connectivity index (χ1) is 15.3. The van der Waals surface area contributed by atoms with Crippen molar-refractivity contribution in [3.63, 3.8) is 0 Å². The number of hydrogen-bond donors (Lipinski definition) is 1. The Morgan fingerprint density at radius 1 is 1.28 bits per heavy atom. The molecule has 0 bridgehead atoms. The van der Waals surface area contributed by atoms with Crippen LogP contribution in [0.25, 0.3) is 0 Å². The minimum Gasteiger partial charge on any atom is -0.755 e. The monoisotopic (exact) mass is 460 g/mol. The highest BCUT2D eigenvalue weighted by atomic mass is 32.2. The van der Waals surface area contributed by atoms with Crippen molar-refractivity contribution >= 4 is 40.2 Å². The molecule has 2 aromatic rings. The van der Waals surface area contributed by atoms with Gasteiger partial charge in [0, 0.05) is 22.7 Å².